The third-order valence-electron chi connectivity index (χ3n) is 10.3. The van der Waals surface area contributed by atoms with Crippen LogP contribution in [0.3, 0.4) is 0 Å². The second-order valence-electron chi connectivity index (χ2n) is 11.8. The van der Waals surface area contributed by atoms with Crippen LogP contribution in [0.25, 0.3) is 0 Å². The molecule has 11 heteroatoms. The Morgan fingerprint density at radius 3 is 2.64 bits per heavy atom. The first-order valence-electron chi connectivity index (χ1n) is 13.0. The average molecular weight is 542 g/mol. The molecule has 1 spiro atoms. The average Bonchev–Trinajstić information content (AvgIpc) is 3.33. The Labute approximate surface area is 224 Å². The number of esters is 2. The first-order valence-corrected chi connectivity index (χ1v) is 13.0. The van der Waals surface area contributed by atoms with E-state index in [2.05, 4.69) is 6.58 Å². The Balaban J connectivity index is 1.42. The predicted octanol–water partition coefficient (Wildman–Crippen LogP) is 2.61. The molecule has 1 saturated heterocycles. The zero-order chi connectivity index (χ0) is 28.1. The second kappa shape index (κ2) is 8.04. The quantitative estimate of drug-likeness (QED) is 0.238. The molecule has 4 fully saturated rings. The van der Waals surface area contributed by atoms with Gasteiger partial charge in [-0.1, -0.05) is 12.7 Å². The molecule has 1 heterocycles. The molecule has 2 N–H and O–H groups in total. The highest BCUT2D eigenvalue weighted by Gasteiger charge is 2.83. The molecule has 3 saturated carbocycles. The van der Waals surface area contributed by atoms with Gasteiger partial charge in [0.1, 0.15) is 17.6 Å². The van der Waals surface area contributed by atoms with Crippen LogP contribution < -0.4 is 9.47 Å². The number of aliphatic hydroxyl groups excluding tert-OH is 1. The first-order chi connectivity index (χ1) is 18.4. The number of rotatable bonds is 6. The van der Waals surface area contributed by atoms with E-state index in [9.17, 15) is 29.9 Å². The summed E-state index contributed by atoms with van der Waals surface area (Å²) in [6, 6.07) is 2.60. The fourth-order valence-corrected chi connectivity index (χ4v) is 8.55. The van der Waals surface area contributed by atoms with Crippen molar-refractivity contribution in [3.05, 3.63) is 52.1 Å². The molecule has 1 aliphatic heterocycles. The number of carbonyl (C=O) groups is 2. The maximum atomic E-state index is 14.1. The van der Waals surface area contributed by atoms with E-state index in [1.54, 1.807) is 19.1 Å². The number of nitrogens with zero attached hydrogens (tertiary/aromatic N) is 1. The summed E-state index contributed by atoms with van der Waals surface area (Å²) >= 11 is 0. The lowest BCUT2D eigenvalue weighted by atomic mass is 9.61. The van der Waals surface area contributed by atoms with Gasteiger partial charge in [0.2, 0.25) is 0 Å². The summed E-state index contributed by atoms with van der Waals surface area (Å²) in [6.07, 6.45) is 3.65. The summed E-state index contributed by atoms with van der Waals surface area (Å²) in [5, 5.41) is 34.2. The maximum absolute atomic E-state index is 14.1. The SMILES string of the molecule is C=C1C[C@]23C[C@@]1(O)CCC2C12C=C[C@H](O)[C@@](C)(C(=O)O1)[C@H]2C3C(=O)OCc1cc(OC)c(OC)cc1[N+](=O)[O-]. The molecule has 4 aliphatic carbocycles. The Hall–Kier alpha value is -3.44. The van der Waals surface area contributed by atoms with Crippen molar-refractivity contribution in [1.82, 2.24) is 0 Å². The predicted molar refractivity (Wildman–Crippen MR) is 134 cm³/mol. The van der Waals surface area contributed by atoms with Gasteiger partial charge in [0.05, 0.1) is 48.4 Å². The lowest BCUT2D eigenvalue weighted by Crippen LogP contribution is -2.51. The van der Waals surface area contributed by atoms with Gasteiger partial charge in [-0.25, -0.2) is 0 Å². The van der Waals surface area contributed by atoms with Gasteiger partial charge in [-0.05, 0) is 55.7 Å². The van der Waals surface area contributed by atoms with Crippen LogP contribution in [0.2, 0.25) is 0 Å². The smallest absolute Gasteiger partial charge is 0.316 e. The summed E-state index contributed by atoms with van der Waals surface area (Å²) in [6.45, 7) is 5.31. The minimum Gasteiger partial charge on any atom is -0.493 e. The van der Waals surface area contributed by atoms with Crippen molar-refractivity contribution in [3.63, 3.8) is 0 Å². The lowest BCUT2D eigenvalue weighted by molar-refractivity contribution is -0.385. The van der Waals surface area contributed by atoms with E-state index in [1.807, 2.05) is 0 Å². The molecule has 1 aromatic rings. The third-order valence-corrected chi connectivity index (χ3v) is 10.3. The van der Waals surface area contributed by atoms with Crippen LogP contribution in [0.1, 0.15) is 38.2 Å². The summed E-state index contributed by atoms with van der Waals surface area (Å²) in [5.41, 5.74) is -4.06. The van der Waals surface area contributed by atoms with Crippen LogP contribution in [0.15, 0.2) is 36.4 Å². The topological polar surface area (TPSA) is 155 Å². The number of ether oxygens (including phenoxy) is 4. The minimum absolute atomic E-state index is 0.105. The van der Waals surface area contributed by atoms with Gasteiger partial charge >= 0.3 is 11.9 Å². The van der Waals surface area contributed by atoms with E-state index in [0.29, 0.717) is 24.8 Å². The largest absolute Gasteiger partial charge is 0.493 e. The van der Waals surface area contributed by atoms with Gasteiger partial charge in [-0.2, -0.15) is 0 Å². The monoisotopic (exact) mass is 541 g/mol. The molecule has 1 aromatic carbocycles. The van der Waals surface area contributed by atoms with Gasteiger partial charge < -0.3 is 29.2 Å². The Bertz CT molecular complexity index is 1360. The highest BCUT2D eigenvalue weighted by molar-refractivity contribution is 5.87. The van der Waals surface area contributed by atoms with Crippen molar-refractivity contribution in [2.24, 2.45) is 28.6 Å². The number of hydrogen-bond acceptors (Lipinski definition) is 10. The molecule has 6 rings (SSSR count). The van der Waals surface area contributed by atoms with Crippen molar-refractivity contribution in [2.45, 2.75) is 56.5 Å². The maximum Gasteiger partial charge on any atom is 0.316 e. The van der Waals surface area contributed by atoms with Gasteiger partial charge in [-0.15, -0.1) is 0 Å². The highest BCUT2D eigenvalue weighted by Crippen LogP contribution is 2.77. The van der Waals surface area contributed by atoms with Gasteiger partial charge in [0.25, 0.3) is 5.69 Å². The van der Waals surface area contributed by atoms with E-state index in [-0.39, 0.29) is 35.1 Å². The number of carbonyl (C=O) groups excluding carboxylic acids is 2. The zero-order valence-corrected chi connectivity index (χ0v) is 22.0. The number of aliphatic hydroxyl groups is 2. The molecule has 39 heavy (non-hydrogen) atoms. The van der Waals surface area contributed by atoms with Crippen molar-refractivity contribution < 1.29 is 43.7 Å². The molecule has 11 nitrogen and oxygen atoms in total. The summed E-state index contributed by atoms with van der Waals surface area (Å²) in [5.74, 6) is -2.81. The normalized spacial score (nSPS) is 41.1. The molecule has 8 atom stereocenters. The van der Waals surface area contributed by atoms with Crippen LogP contribution in [0, 0.1) is 38.7 Å². The lowest BCUT2D eigenvalue weighted by Gasteiger charge is -2.44. The fourth-order valence-electron chi connectivity index (χ4n) is 8.55. The molecule has 3 unspecified atom stereocenters. The third kappa shape index (κ3) is 3.05. The van der Waals surface area contributed by atoms with E-state index >= 15 is 0 Å². The van der Waals surface area contributed by atoms with Crippen LogP contribution in [0.4, 0.5) is 5.69 Å². The van der Waals surface area contributed by atoms with E-state index in [4.69, 9.17) is 18.9 Å². The van der Waals surface area contributed by atoms with Gasteiger partial charge in [-0.3, -0.25) is 19.7 Å². The Kier molecular flexibility index (Phi) is 5.33. The standard InChI is InChI=1S/C28H31NO10/c1-14-11-26-13-27(14,33)7-5-19(26)28-8-6-20(30)25(2,24(32)39-28)22(28)21(26)23(31)38-12-15-9-17(36-3)18(37-4)10-16(15)29(34)35/h6,8-10,19-22,30,33H,1,5,7,11-13H2,2-4H3/t19?,20-,21?,22+,25+,26-,27-,28?/m0/s1. The van der Waals surface area contributed by atoms with Crippen LogP contribution in [0.5, 0.6) is 11.5 Å². The zero-order valence-electron chi connectivity index (χ0n) is 22.0. The summed E-state index contributed by atoms with van der Waals surface area (Å²) < 4.78 is 22.3. The molecule has 0 aromatic heterocycles. The van der Waals surface area contributed by atoms with E-state index < -0.39 is 63.4 Å². The molecular formula is C28H31NO10. The number of nitro benzene ring substituents is 1. The number of methoxy groups -OCH3 is 2. The molecule has 0 radical (unpaired) electrons. The van der Waals surface area contributed by atoms with Crippen LogP contribution >= 0.6 is 0 Å². The summed E-state index contributed by atoms with van der Waals surface area (Å²) in [4.78, 5) is 38.6. The van der Waals surface area contributed by atoms with E-state index in [0.717, 1.165) is 0 Å². The van der Waals surface area contributed by atoms with Gasteiger partial charge in [0.15, 0.2) is 11.5 Å². The highest BCUT2D eigenvalue weighted by atomic mass is 16.6. The number of benzene rings is 1. The molecule has 4 bridgehead atoms. The Morgan fingerprint density at radius 1 is 1.28 bits per heavy atom. The van der Waals surface area contributed by atoms with Crippen molar-refractivity contribution in [1.29, 1.82) is 0 Å². The number of nitro groups is 1. The van der Waals surface area contributed by atoms with Crippen molar-refractivity contribution in [2.75, 3.05) is 14.2 Å². The number of hydrogen-bond donors (Lipinski definition) is 2. The van der Waals surface area contributed by atoms with Crippen LogP contribution in [-0.2, 0) is 25.7 Å². The first kappa shape index (κ1) is 25.8. The molecule has 208 valence electrons. The van der Waals surface area contributed by atoms with Crippen molar-refractivity contribution >= 4 is 17.6 Å². The minimum atomic E-state index is -1.40. The molecule has 5 aliphatic rings. The second-order valence-corrected chi connectivity index (χ2v) is 11.8. The van der Waals surface area contributed by atoms with Gasteiger partial charge in [0, 0.05) is 11.8 Å². The molecule has 0 amide bonds. The fraction of sp³-hybridized carbons (Fsp3) is 0.571. The number of fused-ring (bicyclic) bond motifs is 1. The van der Waals surface area contributed by atoms with Crippen molar-refractivity contribution in [3.8, 4) is 11.5 Å². The Morgan fingerprint density at radius 2 is 1.97 bits per heavy atom. The summed E-state index contributed by atoms with van der Waals surface area (Å²) in [7, 11) is 2.75. The molecular weight excluding hydrogens is 510 g/mol. The van der Waals surface area contributed by atoms with Crippen LogP contribution in [-0.4, -0.2) is 58.6 Å². The van der Waals surface area contributed by atoms with E-state index in [1.165, 1.54) is 26.4 Å².